The van der Waals surface area contributed by atoms with Crippen LogP contribution in [0.3, 0.4) is 0 Å². The molecule has 0 aliphatic carbocycles. The Hall–Kier alpha value is -8.47. The number of aliphatic hydroxyl groups is 1. The van der Waals surface area contributed by atoms with E-state index < -0.39 is 174 Å². The van der Waals surface area contributed by atoms with Crippen LogP contribution < -0.4 is 26.6 Å². The van der Waals surface area contributed by atoms with Gasteiger partial charge in [0.15, 0.2) is 0 Å². The first-order valence-corrected chi connectivity index (χ1v) is 36.2. The number of piperidine rings is 1. The van der Waals surface area contributed by atoms with E-state index in [4.69, 9.17) is 9.47 Å². The predicted molar refractivity (Wildman–Crippen MR) is 390 cm³/mol. The highest BCUT2D eigenvalue weighted by atomic mass is 19.1. The molecule has 27 nitrogen and oxygen atoms in total. The van der Waals surface area contributed by atoms with Gasteiger partial charge in [-0.05, 0) is 120 Å². The number of aliphatic hydroxyl groups excluding tert-OH is 1. The minimum atomic E-state index is -1.71. The van der Waals surface area contributed by atoms with Crippen molar-refractivity contribution in [2.75, 3.05) is 75.1 Å². The molecule has 5 rings (SSSR count). The molecule has 2 aliphatic rings. The molecular formula is C76H116FN13O14. The van der Waals surface area contributed by atoms with E-state index in [-0.39, 0.29) is 56.3 Å². The van der Waals surface area contributed by atoms with E-state index in [2.05, 4.69) is 31.6 Å². The van der Waals surface area contributed by atoms with Crippen LogP contribution in [-0.4, -0.2) is 257 Å². The molecule has 576 valence electrons. The van der Waals surface area contributed by atoms with E-state index in [1.165, 1.54) is 64.2 Å². The van der Waals surface area contributed by atoms with Gasteiger partial charge in [0.25, 0.3) is 0 Å². The fourth-order valence-corrected chi connectivity index (χ4v) is 12.8. The number of hydrogen-bond donors (Lipinski definition) is 6. The Kier molecular flexibility index (Phi) is 33.3. The standard InChI is InChI=1S/C76H116FN13O14/c1-46(2)34-57-68(95)81-61(45-104-76(10,11)12)85(14)60(38-52-30-24-20-25-31-52)73(100)89(18)66(49(7)8)70(97)79-55(72(99)90-32-26-21-27-33-90)39-62(92)82-64(48(5)6)75(102)88(17)59(37-51-28-22-19-23-29-51)67(94)80-56(44-103-43-53-36-54(77)41-78-40-53)71(98)87(16)58(35-47(3)4)69(96)83-65(50(9)91)74(101)84(13)42-63(93)86(57)15/h19-20,22-25,28-31,36,40-41,46-50,55-61,64-66,91H,21,26-27,32-35,37-39,42-45H2,1-18H3,(H,79,97)(H,80,94)(H,81,95)(H,82,92)(H,83,96)/t50-,55+,56?,57+,58?,59?,60?,61?,64-,65?,66?/m1/s1. The lowest BCUT2D eigenvalue weighted by atomic mass is 9.97. The molecule has 2 saturated heterocycles. The van der Waals surface area contributed by atoms with Crippen LogP contribution in [0.5, 0.6) is 0 Å². The number of hydrogen-bond acceptors (Lipinski definition) is 16. The zero-order chi connectivity index (χ0) is 77.6. The second-order valence-corrected chi connectivity index (χ2v) is 30.3. The molecule has 28 heteroatoms. The maximum Gasteiger partial charge on any atom is 0.248 e. The van der Waals surface area contributed by atoms with Crippen molar-refractivity contribution in [2.45, 2.75) is 213 Å². The molecule has 3 heterocycles. The van der Waals surface area contributed by atoms with Gasteiger partial charge >= 0.3 is 0 Å². The molecule has 11 atom stereocenters. The lowest BCUT2D eigenvalue weighted by molar-refractivity contribution is -0.149. The van der Waals surface area contributed by atoms with Gasteiger partial charge < -0.3 is 70.6 Å². The summed E-state index contributed by atoms with van der Waals surface area (Å²) in [5, 5.41) is 25.5. The number of pyridine rings is 1. The molecule has 0 spiro atoms. The zero-order valence-electron chi connectivity index (χ0n) is 64.3. The number of nitrogens with one attached hydrogen (secondary N) is 5. The molecule has 3 aromatic rings. The average molecular weight is 1450 g/mol. The van der Waals surface area contributed by atoms with E-state index in [9.17, 15) is 33.5 Å². The molecule has 11 amide bonds. The summed E-state index contributed by atoms with van der Waals surface area (Å²) >= 11 is 0. The molecule has 6 N–H and O–H groups in total. The molecule has 104 heavy (non-hydrogen) atoms. The molecule has 2 fully saturated rings. The third-order valence-corrected chi connectivity index (χ3v) is 18.9. The van der Waals surface area contributed by atoms with Crippen molar-refractivity contribution in [2.24, 2.45) is 23.7 Å². The number of carbonyl (C=O) groups excluding carboxylic acids is 11. The molecule has 0 bridgehead atoms. The quantitative estimate of drug-likeness (QED) is 0.106. The monoisotopic (exact) mass is 1450 g/mol. The number of halogens is 1. The summed E-state index contributed by atoms with van der Waals surface area (Å²) in [7, 11) is 8.49. The van der Waals surface area contributed by atoms with Gasteiger partial charge in [-0.25, -0.2) is 4.39 Å². The first-order chi connectivity index (χ1) is 48.8. The Morgan fingerprint density at radius 1 is 0.577 bits per heavy atom. The first kappa shape index (κ1) is 86.2. The van der Waals surface area contributed by atoms with E-state index in [1.54, 1.807) is 88.7 Å². The van der Waals surface area contributed by atoms with Gasteiger partial charge in [0.1, 0.15) is 60.3 Å². The highest BCUT2D eigenvalue weighted by Gasteiger charge is 2.44. The van der Waals surface area contributed by atoms with E-state index in [1.807, 2.05) is 65.0 Å². The second-order valence-electron chi connectivity index (χ2n) is 30.3. The summed E-state index contributed by atoms with van der Waals surface area (Å²) in [6.07, 6.45) is 1.18. The Bertz CT molecular complexity index is 3370. The molecule has 0 saturated carbocycles. The fraction of sp³-hybridized carbons (Fsp3) is 0.632. The third kappa shape index (κ3) is 25.4. The minimum absolute atomic E-state index is 0.0299. The van der Waals surface area contributed by atoms with Crippen LogP contribution in [0.4, 0.5) is 4.39 Å². The largest absolute Gasteiger partial charge is 0.391 e. The van der Waals surface area contributed by atoms with Crippen molar-refractivity contribution in [3.8, 4) is 0 Å². The lowest BCUT2D eigenvalue weighted by Gasteiger charge is -2.41. The predicted octanol–water partition coefficient (Wildman–Crippen LogP) is 3.69. The van der Waals surface area contributed by atoms with Crippen LogP contribution in [0.2, 0.25) is 0 Å². The number of likely N-dealkylation sites (N-methyl/N-ethyl adjacent to an activating group) is 6. The van der Waals surface area contributed by atoms with Gasteiger partial charge in [-0.1, -0.05) is 116 Å². The Labute approximate surface area is 613 Å². The van der Waals surface area contributed by atoms with Crippen molar-refractivity contribution in [1.29, 1.82) is 0 Å². The zero-order valence-corrected chi connectivity index (χ0v) is 64.3. The summed E-state index contributed by atoms with van der Waals surface area (Å²) in [4.78, 5) is 179. The summed E-state index contributed by atoms with van der Waals surface area (Å²) in [6, 6.07) is 6.31. The topological polar surface area (TPSA) is 322 Å². The van der Waals surface area contributed by atoms with Crippen molar-refractivity contribution >= 4 is 65.0 Å². The van der Waals surface area contributed by atoms with Crippen molar-refractivity contribution in [1.82, 2.24) is 65.9 Å². The molecular weight excluding hydrogens is 1340 g/mol. The number of aromatic nitrogens is 1. The number of likely N-dealkylation sites (tertiary alicyclic amines) is 1. The van der Waals surface area contributed by atoms with E-state index in [0.717, 1.165) is 32.9 Å². The van der Waals surface area contributed by atoms with E-state index >= 15 is 28.8 Å². The molecule has 2 aliphatic heterocycles. The van der Waals surface area contributed by atoms with Crippen LogP contribution in [0.1, 0.15) is 138 Å². The van der Waals surface area contributed by atoms with Gasteiger partial charge in [0, 0.05) is 60.9 Å². The van der Waals surface area contributed by atoms with Gasteiger partial charge in [-0.2, -0.15) is 0 Å². The maximum atomic E-state index is 15.7. The Balaban J connectivity index is 1.71. The van der Waals surface area contributed by atoms with Crippen LogP contribution >= 0.6 is 0 Å². The number of rotatable bonds is 18. The van der Waals surface area contributed by atoms with Gasteiger partial charge in [0.05, 0.1) is 56.7 Å². The van der Waals surface area contributed by atoms with Gasteiger partial charge in [0.2, 0.25) is 65.0 Å². The average Bonchev–Trinajstić information content (AvgIpc) is 0.815. The third-order valence-electron chi connectivity index (χ3n) is 18.9. The van der Waals surface area contributed by atoms with Crippen molar-refractivity contribution < 1.29 is 71.7 Å². The summed E-state index contributed by atoms with van der Waals surface area (Å²) in [6.45, 7) is 19.8. The minimum Gasteiger partial charge on any atom is -0.391 e. The molecule has 7 unspecified atom stereocenters. The lowest BCUT2D eigenvalue weighted by Crippen LogP contribution is -2.63. The molecule has 1 aromatic heterocycles. The van der Waals surface area contributed by atoms with Crippen LogP contribution in [-0.2, 0) is 81.7 Å². The SMILES string of the molecule is CC(C)CC1C(=O)NC([C@@H](C)O)C(=O)N(C)CC(=O)N(C)[C@@H](CC(C)C)C(=O)NC(COC(C)(C)C)N(C)C(Cc2ccccc2)C(=O)N(C)C(C(C)C)C(=O)N[C@H](C(=O)N2CCCCC2)CC(=O)N[C@H](C(C)C)C(=O)N(C)C(Cc2ccccc2)C(=O)NC(COCc2cncc(F)c2)C(=O)N1C. The summed E-state index contributed by atoms with van der Waals surface area (Å²) in [5.74, 6) is -10.8. The summed E-state index contributed by atoms with van der Waals surface area (Å²) in [5.41, 5.74) is 0.798. The smallest absolute Gasteiger partial charge is 0.248 e. The fourth-order valence-electron chi connectivity index (χ4n) is 12.8. The number of nitrogens with zero attached hydrogens (tertiary/aromatic N) is 8. The van der Waals surface area contributed by atoms with E-state index in [0.29, 0.717) is 31.5 Å². The van der Waals surface area contributed by atoms with Crippen LogP contribution in [0.15, 0.2) is 79.1 Å². The number of benzene rings is 2. The first-order valence-electron chi connectivity index (χ1n) is 36.2. The molecule has 2 aromatic carbocycles. The molecule has 0 radical (unpaired) electrons. The Morgan fingerprint density at radius 3 is 1.64 bits per heavy atom. The van der Waals surface area contributed by atoms with Gasteiger partial charge in [-0.3, -0.25) is 62.6 Å². The van der Waals surface area contributed by atoms with Gasteiger partial charge in [-0.15, -0.1) is 0 Å². The summed E-state index contributed by atoms with van der Waals surface area (Å²) < 4.78 is 26.8. The number of ether oxygens (including phenoxy) is 2. The number of carbonyl (C=O) groups is 11. The maximum absolute atomic E-state index is 15.7. The van der Waals surface area contributed by atoms with Crippen molar-refractivity contribution in [3.63, 3.8) is 0 Å². The second kappa shape index (κ2) is 40.1. The highest BCUT2D eigenvalue weighted by molar-refractivity contribution is 5.99. The van der Waals surface area contributed by atoms with Crippen LogP contribution in [0, 0.1) is 29.5 Å². The highest BCUT2D eigenvalue weighted by Crippen LogP contribution is 2.24. The van der Waals surface area contributed by atoms with Crippen LogP contribution in [0.25, 0.3) is 0 Å². The number of amides is 11. The van der Waals surface area contributed by atoms with Crippen molar-refractivity contribution in [3.05, 3.63) is 102 Å². The normalized spacial score (nSPS) is 24.6. The Morgan fingerprint density at radius 2 is 1.12 bits per heavy atom.